The van der Waals surface area contributed by atoms with E-state index in [2.05, 4.69) is 0 Å². The molecular formula is C15H18N2O4S. The van der Waals surface area contributed by atoms with Gasteiger partial charge in [-0.1, -0.05) is 19.1 Å². The first-order valence-electron chi connectivity index (χ1n) is 7.00. The number of nitriles is 1. The van der Waals surface area contributed by atoms with E-state index in [9.17, 15) is 23.6 Å². The molecule has 1 N–H and O–H groups in total. The van der Waals surface area contributed by atoms with Crippen molar-refractivity contribution in [3.05, 3.63) is 29.3 Å². The molecule has 2 atom stereocenters. The lowest BCUT2D eigenvalue weighted by atomic mass is 9.92. The lowest BCUT2D eigenvalue weighted by Crippen LogP contribution is -2.45. The van der Waals surface area contributed by atoms with Gasteiger partial charge in [-0.05, 0) is 30.9 Å². The molecule has 0 radical (unpaired) electrons. The van der Waals surface area contributed by atoms with Crippen LogP contribution in [-0.4, -0.2) is 36.9 Å². The molecule has 7 heteroatoms. The van der Waals surface area contributed by atoms with Crippen LogP contribution in [0.25, 0.3) is 0 Å². The smallest absolute Gasteiger partial charge is 0.307 e. The van der Waals surface area contributed by atoms with Gasteiger partial charge in [0.15, 0.2) is 0 Å². The lowest BCUT2D eigenvalue weighted by Gasteiger charge is -2.34. The van der Waals surface area contributed by atoms with Crippen LogP contribution in [0.15, 0.2) is 23.1 Å². The van der Waals surface area contributed by atoms with Gasteiger partial charge < -0.3 is 5.11 Å². The monoisotopic (exact) mass is 322 g/mol. The predicted octanol–water partition coefficient (Wildman–Crippen LogP) is 1.60. The van der Waals surface area contributed by atoms with Gasteiger partial charge in [0.05, 0.1) is 11.5 Å². The Kier molecular flexibility index (Phi) is 4.54. The van der Waals surface area contributed by atoms with Gasteiger partial charge in [0.1, 0.15) is 11.0 Å². The van der Waals surface area contributed by atoms with Crippen molar-refractivity contribution in [3.63, 3.8) is 0 Å². The lowest BCUT2D eigenvalue weighted by molar-refractivity contribution is -0.143. The molecule has 0 aromatic heterocycles. The summed E-state index contributed by atoms with van der Waals surface area (Å²) in [5.74, 6) is -1.75. The molecule has 1 aliphatic rings. The molecule has 118 valence electrons. The fourth-order valence-corrected chi connectivity index (χ4v) is 4.64. The summed E-state index contributed by atoms with van der Waals surface area (Å²) in [4.78, 5) is 11.2. The molecule has 2 rings (SSSR count). The van der Waals surface area contributed by atoms with Gasteiger partial charge in [0.25, 0.3) is 0 Å². The largest absolute Gasteiger partial charge is 0.481 e. The van der Waals surface area contributed by atoms with E-state index in [1.54, 1.807) is 19.1 Å². The summed E-state index contributed by atoms with van der Waals surface area (Å²) in [6.45, 7) is 3.72. The Hall–Kier alpha value is -1.91. The summed E-state index contributed by atoms with van der Waals surface area (Å²) in [5.41, 5.74) is 0.705. The fraction of sp³-hybridized carbons (Fsp3) is 0.467. The molecule has 1 aromatic rings. The molecule has 1 aromatic carbocycles. The zero-order valence-electron chi connectivity index (χ0n) is 12.5. The first-order chi connectivity index (χ1) is 10.3. The van der Waals surface area contributed by atoms with Gasteiger partial charge >= 0.3 is 5.97 Å². The van der Waals surface area contributed by atoms with E-state index in [1.165, 1.54) is 10.4 Å². The van der Waals surface area contributed by atoms with Crippen LogP contribution >= 0.6 is 0 Å². The number of carboxylic acid groups (broad SMARTS) is 1. The van der Waals surface area contributed by atoms with Crippen LogP contribution in [-0.2, 0) is 14.8 Å². The van der Waals surface area contributed by atoms with E-state index >= 15 is 0 Å². The van der Waals surface area contributed by atoms with Crippen LogP contribution in [0.4, 0.5) is 0 Å². The Morgan fingerprint density at radius 2 is 2.09 bits per heavy atom. The highest BCUT2D eigenvalue weighted by molar-refractivity contribution is 7.89. The van der Waals surface area contributed by atoms with E-state index in [0.29, 0.717) is 12.0 Å². The van der Waals surface area contributed by atoms with Gasteiger partial charge in [-0.25, -0.2) is 8.42 Å². The molecule has 6 nitrogen and oxygen atoms in total. The molecule has 1 heterocycles. The first-order valence-corrected chi connectivity index (χ1v) is 8.44. The maximum absolute atomic E-state index is 12.8. The minimum absolute atomic E-state index is 0.0417. The summed E-state index contributed by atoms with van der Waals surface area (Å²) < 4.78 is 26.8. The van der Waals surface area contributed by atoms with Crippen LogP contribution < -0.4 is 0 Å². The zero-order chi connectivity index (χ0) is 16.5. The molecule has 0 spiro atoms. The molecule has 0 amide bonds. The summed E-state index contributed by atoms with van der Waals surface area (Å²) >= 11 is 0. The van der Waals surface area contributed by atoms with Gasteiger partial charge in [-0.3, -0.25) is 4.79 Å². The fourth-order valence-electron chi connectivity index (χ4n) is 2.82. The molecule has 1 saturated heterocycles. The molecule has 2 unspecified atom stereocenters. The number of nitrogens with zero attached hydrogens (tertiary/aromatic N) is 2. The Labute approximate surface area is 130 Å². The summed E-state index contributed by atoms with van der Waals surface area (Å²) in [6.07, 6.45) is 0.459. The van der Waals surface area contributed by atoms with Crippen molar-refractivity contribution in [3.8, 4) is 6.07 Å². The van der Waals surface area contributed by atoms with E-state index in [1.807, 2.05) is 13.0 Å². The van der Waals surface area contributed by atoms with Crippen LogP contribution in [0.5, 0.6) is 0 Å². The normalized spacial score (nSPS) is 23.0. The number of carboxylic acids is 1. The Balaban J connectivity index is 2.45. The number of aliphatic carboxylic acids is 1. The van der Waals surface area contributed by atoms with Crippen molar-refractivity contribution < 1.29 is 18.3 Å². The topological polar surface area (TPSA) is 98.5 Å². The van der Waals surface area contributed by atoms with Crippen molar-refractivity contribution in [2.45, 2.75) is 25.2 Å². The number of hydrogen-bond acceptors (Lipinski definition) is 4. The number of rotatable bonds is 3. The number of hydrogen-bond donors (Lipinski definition) is 1. The zero-order valence-corrected chi connectivity index (χ0v) is 13.3. The van der Waals surface area contributed by atoms with Crippen LogP contribution in [0.3, 0.4) is 0 Å². The third-order valence-corrected chi connectivity index (χ3v) is 5.81. The third kappa shape index (κ3) is 2.98. The maximum Gasteiger partial charge on any atom is 0.307 e. The van der Waals surface area contributed by atoms with E-state index in [-0.39, 0.29) is 29.5 Å². The molecule has 0 saturated carbocycles. The standard InChI is InChI=1S/C15H18N2O4S/c1-10-6-12(15(18)19)9-17(8-10)22(20,21)14-5-3-4-11(2)13(14)7-16/h3-5,10,12H,6,8-9H2,1-2H3,(H,18,19). The second-order valence-electron chi connectivity index (χ2n) is 5.76. The quantitative estimate of drug-likeness (QED) is 0.911. The number of carbonyl (C=O) groups is 1. The van der Waals surface area contributed by atoms with Gasteiger partial charge in [-0.15, -0.1) is 0 Å². The predicted molar refractivity (Wildman–Crippen MR) is 79.6 cm³/mol. The Morgan fingerprint density at radius 3 is 2.68 bits per heavy atom. The van der Waals surface area contributed by atoms with Crippen molar-refractivity contribution in [2.75, 3.05) is 13.1 Å². The highest BCUT2D eigenvalue weighted by Crippen LogP contribution is 2.29. The van der Waals surface area contributed by atoms with E-state index in [4.69, 9.17) is 0 Å². The second kappa shape index (κ2) is 6.07. The van der Waals surface area contributed by atoms with Gasteiger partial charge in [0, 0.05) is 13.1 Å². The van der Waals surface area contributed by atoms with Gasteiger partial charge in [-0.2, -0.15) is 9.57 Å². The SMILES string of the molecule is Cc1cccc(S(=O)(=O)N2CC(C)CC(C(=O)O)C2)c1C#N. The maximum atomic E-state index is 12.8. The molecule has 0 aliphatic carbocycles. The first kappa shape index (κ1) is 16.5. The Morgan fingerprint density at radius 1 is 1.41 bits per heavy atom. The van der Waals surface area contributed by atoms with Crippen LogP contribution in [0.2, 0.25) is 0 Å². The van der Waals surface area contributed by atoms with Crippen molar-refractivity contribution >= 4 is 16.0 Å². The highest BCUT2D eigenvalue weighted by atomic mass is 32.2. The average molecular weight is 322 g/mol. The average Bonchev–Trinajstić information content (AvgIpc) is 2.46. The molecular weight excluding hydrogens is 304 g/mol. The summed E-state index contributed by atoms with van der Waals surface area (Å²) in [7, 11) is -3.88. The molecule has 0 bridgehead atoms. The van der Waals surface area contributed by atoms with Crippen molar-refractivity contribution in [2.24, 2.45) is 11.8 Å². The van der Waals surface area contributed by atoms with Gasteiger partial charge in [0.2, 0.25) is 10.0 Å². The molecule has 22 heavy (non-hydrogen) atoms. The number of benzene rings is 1. The summed E-state index contributed by atoms with van der Waals surface area (Å²) in [6, 6.07) is 6.60. The number of piperidine rings is 1. The van der Waals surface area contributed by atoms with Crippen LogP contribution in [0, 0.1) is 30.1 Å². The number of aryl methyl sites for hydroxylation is 1. The van der Waals surface area contributed by atoms with Crippen molar-refractivity contribution in [1.82, 2.24) is 4.31 Å². The number of sulfonamides is 1. The minimum Gasteiger partial charge on any atom is -0.481 e. The van der Waals surface area contributed by atoms with Crippen LogP contribution in [0.1, 0.15) is 24.5 Å². The molecule has 1 fully saturated rings. The highest BCUT2D eigenvalue weighted by Gasteiger charge is 2.37. The second-order valence-corrected chi connectivity index (χ2v) is 7.66. The van der Waals surface area contributed by atoms with Crippen molar-refractivity contribution in [1.29, 1.82) is 5.26 Å². The van der Waals surface area contributed by atoms with E-state index < -0.39 is 21.9 Å². The summed E-state index contributed by atoms with van der Waals surface area (Å²) in [5, 5.41) is 18.4. The molecule has 1 aliphatic heterocycles. The van der Waals surface area contributed by atoms with E-state index in [0.717, 1.165) is 0 Å². The third-order valence-electron chi connectivity index (χ3n) is 3.94. The Bertz CT molecular complexity index is 736. The minimum atomic E-state index is -3.88.